The van der Waals surface area contributed by atoms with Gasteiger partial charge in [-0.15, -0.1) is 0 Å². The fraction of sp³-hybridized carbons (Fsp3) is 0.600. The Morgan fingerprint density at radius 1 is 1.44 bits per heavy atom. The highest BCUT2D eigenvalue weighted by molar-refractivity contribution is 6.30. The fourth-order valence-electron chi connectivity index (χ4n) is 2.93. The van der Waals surface area contributed by atoms with Gasteiger partial charge in [-0.05, 0) is 38.0 Å². The van der Waals surface area contributed by atoms with Crippen LogP contribution < -0.4 is 5.32 Å². The van der Waals surface area contributed by atoms with Crippen molar-refractivity contribution in [2.45, 2.75) is 38.8 Å². The van der Waals surface area contributed by atoms with Crippen molar-refractivity contribution in [3.63, 3.8) is 0 Å². The third-order valence-corrected chi connectivity index (χ3v) is 4.10. The average molecular weight is 267 g/mol. The first-order valence-corrected chi connectivity index (χ1v) is 7.15. The van der Waals surface area contributed by atoms with Crippen molar-refractivity contribution in [2.75, 3.05) is 19.6 Å². The maximum Gasteiger partial charge on any atom is 0.0409 e. The molecule has 1 aliphatic rings. The SMILES string of the molecule is CCC(c1cccc(Cl)c1)N1CCNCC1(C)C. The first-order chi connectivity index (χ1) is 8.54. The Morgan fingerprint density at radius 3 is 2.83 bits per heavy atom. The zero-order chi connectivity index (χ0) is 13.2. The predicted octanol–water partition coefficient (Wildman–Crippen LogP) is 3.47. The molecule has 0 amide bonds. The summed E-state index contributed by atoms with van der Waals surface area (Å²) >= 11 is 6.13. The van der Waals surface area contributed by atoms with Gasteiger partial charge in [0.25, 0.3) is 0 Å². The average Bonchev–Trinajstić information content (AvgIpc) is 2.32. The Kier molecular flexibility index (Phi) is 4.31. The second-order valence-corrected chi connectivity index (χ2v) is 6.10. The zero-order valence-corrected chi connectivity index (χ0v) is 12.3. The summed E-state index contributed by atoms with van der Waals surface area (Å²) in [4.78, 5) is 2.61. The van der Waals surface area contributed by atoms with Gasteiger partial charge in [0.15, 0.2) is 0 Å². The molecule has 1 aromatic rings. The molecule has 1 fully saturated rings. The molecular formula is C15H23ClN2. The Bertz CT molecular complexity index is 403. The van der Waals surface area contributed by atoms with Crippen LogP contribution in [0.25, 0.3) is 0 Å². The molecule has 0 aliphatic carbocycles. The van der Waals surface area contributed by atoms with E-state index in [0.29, 0.717) is 6.04 Å². The third-order valence-electron chi connectivity index (χ3n) is 3.86. The maximum atomic E-state index is 6.13. The van der Waals surface area contributed by atoms with E-state index in [1.807, 2.05) is 6.07 Å². The Labute approximate surface area is 115 Å². The van der Waals surface area contributed by atoms with Crippen molar-refractivity contribution in [1.29, 1.82) is 0 Å². The summed E-state index contributed by atoms with van der Waals surface area (Å²) in [5, 5.41) is 4.31. The quantitative estimate of drug-likeness (QED) is 0.901. The van der Waals surface area contributed by atoms with Crippen LogP contribution in [0, 0.1) is 0 Å². The van der Waals surface area contributed by atoms with Gasteiger partial charge in [0.1, 0.15) is 0 Å². The van der Waals surface area contributed by atoms with Crippen molar-refractivity contribution in [3.8, 4) is 0 Å². The largest absolute Gasteiger partial charge is 0.314 e. The van der Waals surface area contributed by atoms with E-state index in [1.54, 1.807) is 0 Å². The van der Waals surface area contributed by atoms with Crippen LogP contribution in [0.15, 0.2) is 24.3 Å². The van der Waals surface area contributed by atoms with Crippen LogP contribution in [0.4, 0.5) is 0 Å². The van der Waals surface area contributed by atoms with Crippen LogP contribution in [0.3, 0.4) is 0 Å². The molecule has 1 aliphatic heterocycles. The Morgan fingerprint density at radius 2 is 2.22 bits per heavy atom. The molecule has 1 atom stereocenters. The first-order valence-electron chi connectivity index (χ1n) is 6.77. The summed E-state index contributed by atoms with van der Waals surface area (Å²) < 4.78 is 0. The highest BCUT2D eigenvalue weighted by atomic mass is 35.5. The van der Waals surface area contributed by atoms with E-state index in [1.165, 1.54) is 5.56 Å². The fourth-order valence-corrected chi connectivity index (χ4v) is 3.12. The van der Waals surface area contributed by atoms with Crippen LogP contribution in [-0.2, 0) is 0 Å². The number of nitrogens with one attached hydrogen (secondary N) is 1. The summed E-state index contributed by atoms with van der Waals surface area (Å²) in [6.07, 6.45) is 1.11. The highest BCUT2D eigenvalue weighted by Crippen LogP contribution is 2.32. The van der Waals surface area contributed by atoms with Crippen LogP contribution in [0.1, 0.15) is 38.8 Å². The van der Waals surface area contributed by atoms with E-state index in [9.17, 15) is 0 Å². The lowest BCUT2D eigenvalue weighted by Gasteiger charge is -2.47. The van der Waals surface area contributed by atoms with Crippen LogP contribution in [0.5, 0.6) is 0 Å². The van der Waals surface area contributed by atoms with Gasteiger partial charge in [-0.2, -0.15) is 0 Å². The molecule has 1 aromatic carbocycles. The number of benzene rings is 1. The molecule has 1 unspecified atom stereocenters. The van der Waals surface area contributed by atoms with Crippen molar-refractivity contribution in [1.82, 2.24) is 10.2 Å². The minimum absolute atomic E-state index is 0.196. The topological polar surface area (TPSA) is 15.3 Å². The second-order valence-electron chi connectivity index (χ2n) is 5.66. The van der Waals surface area contributed by atoms with Gasteiger partial charge >= 0.3 is 0 Å². The number of hydrogen-bond acceptors (Lipinski definition) is 2. The van der Waals surface area contributed by atoms with Crippen molar-refractivity contribution in [3.05, 3.63) is 34.9 Å². The lowest BCUT2D eigenvalue weighted by molar-refractivity contribution is 0.0422. The number of halogens is 1. The molecule has 0 bridgehead atoms. The van der Waals surface area contributed by atoms with Crippen LogP contribution in [0.2, 0.25) is 5.02 Å². The predicted molar refractivity (Wildman–Crippen MR) is 78.1 cm³/mol. The smallest absolute Gasteiger partial charge is 0.0409 e. The van der Waals surface area contributed by atoms with Crippen molar-refractivity contribution >= 4 is 11.6 Å². The van der Waals surface area contributed by atoms with Gasteiger partial charge in [0, 0.05) is 36.2 Å². The maximum absolute atomic E-state index is 6.13. The molecule has 18 heavy (non-hydrogen) atoms. The molecule has 3 heteroatoms. The van der Waals surface area contributed by atoms with E-state index in [-0.39, 0.29) is 5.54 Å². The summed E-state index contributed by atoms with van der Waals surface area (Å²) in [5.74, 6) is 0. The third kappa shape index (κ3) is 2.87. The van der Waals surface area contributed by atoms with E-state index in [4.69, 9.17) is 11.6 Å². The summed E-state index contributed by atoms with van der Waals surface area (Å²) in [6, 6.07) is 8.75. The molecule has 0 spiro atoms. The molecule has 1 saturated heterocycles. The van der Waals surface area contributed by atoms with E-state index in [2.05, 4.69) is 49.2 Å². The minimum atomic E-state index is 0.196. The van der Waals surface area contributed by atoms with Crippen molar-refractivity contribution in [2.24, 2.45) is 0 Å². The molecule has 1 N–H and O–H groups in total. The van der Waals surface area contributed by atoms with E-state index < -0.39 is 0 Å². The monoisotopic (exact) mass is 266 g/mol. The zero-order valence-electron chi connectivity index (χ0n) is 11.5. The molecule has 0 radical (unpaired) electrons. The Hall–Kier alpha value is -0.570. The van der Waals surface area contributed by atoms with Crippen LogP contribution >= 0.6 is 11.6 Å². The van der Waals surface area contributed by atoms with Gasteiger partial charge in [0.05, 0.1) is 0 Å². The number of piperazine rings is 1. The standard InChI is InChI=1S/C15H23ClN2/c1-4-14(12-6-5-7-13(16)10-12)18-9-8-17-11-15(18,2)3/h5-7,10,14,17H,4,8-9,11H2,1-3H3. The van der Waals surface area contributed by atoms with Gasteiger partial charge in [-0.3, -0.25) is 4.90 Å². The lowest BCUT2D eigenvalue weighted by Crippen LogP contribution is -2.58. The summed E-state index contributed by atoms with van der Waals surface area (Å²) in [7, 11) is 0. The summed E-state index contributed by atoms with van der Waals surface area (Å²) in [5.41, 5.74) is 1.53. The number of hydrogen-bond donors (Lipinski definition) is 1. The lowest BCUT2D eigenvalue weighted by atomic mass is 9.93. The normalized spacial score (nSPS) is 21.8. The van der Waals surface area contributed by atoms with E-state index >= 15 is 0 Å². The van der Waals surface area contributed by atoms with Gasteiger partial charge < -0.3 is 5.32 Å². The minimum Gasteiger partial charge on any atom is -0.314 e. The highest BCUT2D eigenvalue weighted by Gasteiger charge is 2.34. The van der Waals surface area contributed by atoms with Gasteiger partial charge in [-0.25, -0.2) is 0 Å². The Balaban J connectivity index is 2.27. The van der Waals surface area contributed by atoms with Crippen LogP contribution in [-0.4, -0.2) is 30.1 Å². The van der Waals surface area contributed by atoms with Crippen molar-refractivity contribution < 1.29 is 0 Å². The molecule has 2 nitrogen and oxygen atoms in total. The first kappa shape index (κ1) is 13.9. The molecule has 1 heterocycles. The van der Waals surface area contributed by atoms with Gasteiger partial charge in [0.2, 0.25) is 0 Å². The molecule has 100 valence electrons. The second kappa shape index (κ2) is 5.60. The molecule has 0 aromatic heterocycles. The van der Waals surface area contributed by atoms with E-state index in [0.717, 1.165) is 31.1 Å². The number of nitrogens with zero attached hydrogens (tertiary/aromatic N) is 1. The number of rotatable bonds is 3. The molecule has 0 saturated carbocycles. The van der Waals surface area contributed by atoms with Gasteiger partial charge in [-0.1, -0.05) is 30.7 Å². The molecule has 2 rings (SSSR count). The summed E-state index contributed by atoms with van der Waals surface area (Å²) in [6.45, 7) is 10.1. The molecular weight excluding hydrogens is 244 g/mol.